The molecule has 4 nitrogen and oxygen atoms in total. The van der Waals surface area contributed by atoms with Gasteiger partial charge in [-0.15, -0.1) is 0 Å². The van der Waals surface area contributed by atoms with E-state index in [0.717, 1.165) is 20.6 Å². The second-order valence-corrected chi connectivity index (χ2v) is 5.89. The van der Waals surface area contributed by atoms with Crippen LogP contribution >= 0.6 is 31.9 Å². The first-order valence-electron chi connectivity index (χ1n) is 5.86. The van der Waals surface area contributed by atoms with Gasteiger partial charge in [-0.25, -0.2) is 4.98 Å². The summed E-state index contributed by atoms with van der Waals surface area (Å²) in [5, 5.41) is 3.33. The molecule has 0 amide bonds. The number of imidazole rings is 1. The van der Waals surface area contributed by atoms with Gasteiger partial charge in [-0.3, -0.25) is 0 Å². The predicted molar refractivity (Wildman–Crippen MR) is 83.9 cm³/mol. The molecule has 6 heteroatoms. The quantitative estimate of drug-likeness (QED) is 0.826. The van der Waals surface area contributed by atoms with E-state index in [0.29, 0.717) is 6.61 Å². The van der Waals surface area contributed by atoms with Gasteiger partial charge in [0.1, 0.15) is 0 Å². The maximum absolute atomic E-state index is 5.19. The number of methoxy groups -OCH3 is 1. The standard InChI is InChI=1S/C13H15Br2N3O/c1-9(8-19-2)18-7-6-16-13(18)17-12-10(14)4-3-5-11(12)15/h3-7,9H,8H2,1-2H3,(H,16,17). The Morgan fingerprint density at radius 2 is 2.05 bits per heavy atom. The van der Waals surface area contributed by atoms with Crippen molar-refractivity contribution in [2.75, 3.05) is 19.0 Å². The fraction of sp³-hybridized carbons (Fsp3) is 0.308. The van der Waals surface area contributed by atoms with Gasteiger partial charge in [0.2, 0.25) is 5.95 Å². The number of ether oxygens (including phenoxy) is 1. The second kappa shape index (κ2) is 6.54. The molecule has 102 valence electrons. The molecule has 0 aliphatic heterocycles. The Bertz CT molecular complexity index is 536. The van der Waals surface area contributed by atoms with E-state index in [1.54, 1.807) is 13.3 Å². The summed E-state index contributed by atoms with van der Waals surface area (Å²) in [6, 6.07) is 6.16. The Balaban J connectivity index is 2.27. The molecule has 1 heterocycles. The molecule has 0 fully saturated rings. The lowest BCUT2D eigenvalue weighted by Crippen LogP contribution is -2.13. The molecule has 1 N–H and O–H groups in total. The van der Waals surface area contributed by atoms with Crippen LogP contribution in [0.3, 0.4) is 0 Å². The smallest absolute Gasteiger partial charge is 0.207 e. The molecule has 0 saturated carbocycles. The molecular formula is C13H15Br2N3O. The SMILES string of the molecule is COCC(C)n1ccnc1Nc1c(Br)cccc1Br. The molecule has 0 saturated heterocycles. The summed E-state index contributed by atoms with van der Waals surface area (Å²) in [6.07, 6.45) is 3.72. The number of rotatable bonds is 5. The number of anilines is 2. The van der Waals surface area contributed by atoms with E-state index in [1.165, 1.54) is 0 Å². The van der Waals surface area contributed by atoms with Crippen molar-refractivity contribution in [2.45, 2.75) is 13.0 Å². The molecule has 0 radical (unpaired) electrons. The highest BCUT2D eigenvalue weighted by molar-refractivity contribution is 9.11. The fourth-order valence-electron chi connectivity index (χ4n) is 1.82. The minimum Gasteiger partial charge on any atom is -0.383 e. The van der Waals surface area contributed by atoms with Crippen molar-refractivity contribution in [1.29, 1.82) is 0 Å². The van der Waals surface area contributed by atoms with Crippen molar-refractivity contribution < 1.29 is 4.74 Å². The van der Waals surface area contributed by atoms with Crippen LogP contribution in [0.4, 0.5) is 11.6 Å². The van der Waals surface area contributed by atoms with Gasteiger partial charge < -0.3 is 14.6 Å². The molecule has 1 atom stereocenters. The highest BCUT2D eigenvalue weighted by atomic mass is 79.9. The molecule has 1 aromatic carbocycles. The first-order valence-corrected chi connectivity index (χ1v) is 7.45. The highest BCUT2D eigenvalue weighted by Crippen LogP contribution is 2.33. The lowest BCUT2D eigenvalue weighted by atomic mass is 10.3. The Morgan fingerprint density at radius 1 is 1.37 bits per heavy atom. The van der Waals surface area contributed by atoms with Gasteiger partial charge in [0.25, 0.3) is 0 Å². The van der Waals surface area contributed by atoms with E-state index >= 15 is 0 Å². The van der Waals surface area contributed by atoms with Crippen LogP contribution < -0.4 is 5.32 Å². The zero-order valence-electron chi connectivity index (χ0n) is 10.7. The van der Waals surface area contributed by atoms with Crippen LogP contribution in [0.2, 0.25) is 0 Å². The number of halogens is 2. The number of nitrogens with zero attached hydrogens (tertiary/aromatic N) is 2. The summed E-state index contributed by atoms with van der Waals surface area (Å²) in [7, 11) is 1.70. The summed E-state index contributed by atoms with van der Waals surface area (Å²) >= 11 is 7.06. The molecule has 1 unspecified atom stereocenters. The lowest BCUT2D eigenvalue weighted by molar-refractivity contribution is 0.163. The number of hydrogen-bond donors (Lipinski definition) is 1. The normalized spacial score (nSPS) is 12.4. The van der Waals surface area contributed by atoms with Crippen LogP contribution in [0.25, 0.3) is 0 Å². The topological polar surface area (TPSA) is 39.1 Å². The van der Waals surface area contributed by atoms with Crippen LogP contribution in [0.5, 0.6) is 0 Å². The summed E-state index contributed by atoms with van der Waals surface area (Å²) < 4.78 is 9.20. The summed E-state index contributed by atoms with van der Waals surface area (Å²) in [5.41, 5.74) is 0.958. The number of benzene rings is 1. The van der Waals surface area contributed by atoms with Crippen molar-refractivity contribution in [1.82, 2.24) is 9.55 Å². The van der Waals surface area contributed by atoms with Gasteiger partial charge in [0.15, 0.2) is 0 Å². The zero-order chi connectivity index (χ0) is 13.8. The summed E-state index contributed by atoms with van der Waals surface area (Å²) in [4.78, 5) is 4.35. The minimum atomic E-state index is 0.219. The van der Waals surface area contributed by atoms with Gasteiger partial charge in [0.05, 0.1) is 18.3 Å². The largest absolute Gasteiger partial charge is 0.383 e. The number of nitrogens with one attached hydrogen (secondary N) is 1. The number of para-hydroxylation sites is 1. The van der Waals surface area contributed by atoms with Gasteiger partial charge >= 0.3 is 0 Å². The third-order valence-electron chi connectivity index (χ3n) is 2.75. The third kappa shape index (κ3) is 3.38. The van der Waals surface area contributed by atoms with Crippen molar-refractivity contribution in [3.63, 3.8) is 0 Å². The Kier molecular flexibility index (Phi) is 5.01. The van der Waals surface area contributed by atoms with Crippen LogP contribution in [0.1, 0.15) is 13.0 Å². The summed E-state index contributed by atoms with van der Waals surface area (Å²) in [6.45, 7) is 2.73. The predicted octanol–water partition coefficient (Wildman–Crippen LogP) is 4.36. The average molecular weight is 389 g/mol. The number of aromatic nitrogens is 2. The fourth-order valence-corrected chi connectivity index (χ4v) is 3.01. The van der Waals surface area contributed by atoms with Gasteiger partial charge in [0, 0.05) is 28.4 Å². The molecule has 0 aliphatic rings. The first-order chi connectivity index (χ1) is 9.13. The van der Waals surface area contributed by atoms with E-state index in [1.807, 2.05) is 24.4 Å². The maximum Gasteiger partial charge on any atom is 0.207 e. The molecule has 1 aromatic heterocycles. The molecule has 2 rings (SSSR count). The van der Waals surface area contributed by atoms with Gasteiger partial charge in [-0.05, 0) is 50.9 Å². The Hall–Kier alpha value is -0.850. The molecule has 0 spiro atoms. The van der Waals surface area contributed by atoms with Crippen LogP contribution in [-0.2, 0) is 4.74 Å². The van der Waals surface area contributed by atoms with E-state index < -0.39 is 0 Å². The van der Waals surface area contributed by atoms with Crippen LogP contribution in [-0.4, -0.2) is 23.3 Å². The monoisotopic (exact) mass is 387 g/mol. The molecule has 19 heavy (non-hydrogen) atoms. The molecule has 0 aliphatic carbocycles. The molecular weight excluding hydrogens is 374 g/mol. The summed E-state index contributed by atoms with van der Waals surface area (Å²) in [5.74, 6) is 0.789. The van der Waals surface area contributed by atoms with E-state index in [-0.39, 0.29) is 6.04 Å². The molecule has 2 aromatic rings. The molecule has 0 bridgehead atoms. The van der Waals surface area contributed by atoms with Crippen molar-refractivity contribution in [3.8, 4) is 0 Å². The minimum absolute atomic E-state index is 0.219. The van der Waals surface area contributed by atoms with E-state index in [2.05, 4.69) is 53.7 Å². The number of hydrogen-bond acceptors (Lipinski definition) is 3. The Labute approximate surface area is 129 Å². The highest BCUT2D eigenvalue weighted by Gasteiger charge is 2.12. The average Bonchev–Trinajstić information content (AvgIpc) is 2.82. The van der Waals surface area contributed by atoms with Crippen LogP contribution in [0.15, 0.2) is 39.5 Å². The lowest BCUT2D eigenvalue weighted by Gasteiger charge is -2.17. The second-order valence-electron chi connectivity index (χ2n) is 4.18. The van der Waals surface area contributed by atoms with Gasteiger partial charge in [-0.1, -0.05) is 6.07 Å². The van der Waals surface area contributed by atoms with Crippen molar-refractivity contribution in [2.24, 2.45) is 0 Å². The van der Waals surface area contributed by atoms with Crippen molar-refractivity contribution >= 4 is 43.5 Å². The van der Waals surface area contributed by atoms with Crippen LogP contribution in [0, 0.1) is 0 Å². The van der Waals surface area contributed by atoms with E-state index in [9.17, 15) is 0 Å². The van der Waals surface area contributed by atoms with Gasteiger partial charge in [-0.2, -0.15) is 0 Å². The first kappa shape index (κ1) is 14.6. The van der Waals surface area contributed by atoms with E-state index in [4.69, 9.17) is 4.74 Å². The maximum atomic E-state index is 5.19. The Morgan fingerprint density at radius 3 is 2.68 bits per heavy atom. The zero-order valence-corrected chi connectivity index (χ0v) is 13.9. The van der Waals surface area contributed by atoms with Crippen molar-refractivity contribution in [3.05, 3.63) is 39.5 Å². The third-order valence-corrected chi connectivity index (χ3v) is 4.07.